The second kappa shape index (κ2) is 7.66. The highest BCUT2D eigenvalue weighted by atomic mass is 79.9. The van der Waals surface area contributed by atoms with Crippen LogP contribution in [0.1, 0.15) is 41.7 Å². The molecule has 0 spiro atoms. The van der Waals surface area contributed by atoms with Crippen LogP contribution in [0.25, 0.3) is 0 Å². The molecule has 0 aliphatic rings. The molecule has 0 radical (unpaired) electrons. The summed E-state index contributed by atoms with van der Waals surface area (Å²) in [7, 11) is 0. The van der Waals surface area contributed by atoms with Crippen LogP contribution in [0.4, 0.5) is 5.13 Å². The van der Waals surface area contributed by atoms with Crippen LogP contribution in [0.2, 0.25) is 0 Å². The molecule has 0 aliphatic heterocycles. The number of carbonyl (C=O) groups is 2. The number of aryl methyl sites for hydroxylation is 2. The number of anilines is 1. The second-order valence-electron chi connectivity index (χ2n) is 6.78. The molecule has 2 rings (SSSR count). The molecule has 1 aromatic heterocycles. The first-order valence-electron chi connectivity index (χ1n) is 7.89. The molecule has 0 fully saturated rings. The molecule has 0 saturated carbocycles. The van der Waals surface area contributed by atoms with E-state index in [1.807, 2.05) is 46.8 Å². The van der Waals surface area contributed by atoms with E-state index in [2.05, 4.69) is 26.2 Å². The average molecular weight is 424 g/mol. The van der Waals surface area contributed by atoms with Gasteiger partial charge in [0.2, 0.25) is 5.91 Å². The maximum atomic E-state index is 12.9. The third-order valence-electron chi connectivity index (χ3n) is 3.72. The monoisotopic (exact) mass is 423 g/mol. The molecule has 1 heterocycles. The molecular weight excluding hydrogens is 402 g/mol. The van der Waals surface area contributed by atoms with Crippen molar-refractivity contribution < 1.29 is 9.59 Å². The number of nitrogens with zero attached hydrogens (tertiary/aromatic N) is 2. The molecule has 0 saturated heterocycles. The molecule has 5 nitrogen and oxygen atoms in total. The summed E-state index contributed by atoms with van der Waals surface area (Å²) < 4.78 is 0.901. The highest BCUT2D eigenvalue weighted by Gasteiger charge is 2.29. The lowest BCUT2D eigenvalue weighted by Gasteiger charge is -2.35. The van der Waals surface area contributed by atoms with Gasteiger partial charge < -0.3 is 10.2 Å². The lowest BCUT2D eigenvalue weighted by atomic mass is 10.0. The van der Waals surface area contributed by atoms with Crippen LogP contribution in [-0.2, 0) is 4.79 Å². The van der Waals surface area contributed by atoms with E-state index in [1.165, 1.54) is 11.3 Å². The second-order valence-corrected chi connectivity index (χ2v) is 8.90. The SMILES string of the molecule is Cc1nc(NC(=O)CN(C(=O)c2ccc(Br)cc2)C(C)(C)C)sc1C. The Morgan fingerprint density at radius 3 is 2.28 bits per heavy atom. The lowest BCUT2D eigenvalue weighted by molar-refractivity contribution is -0.117. The van der Waals surface area contributed by atoms with Gasteiger partial charge in [-0.3, -0.25) is 9.59 Å². The zero-order chi connectivity index (χ0) is 18.8. The molecule has 0 unspecified atom stereocenters. The number of aromatic nitrogens is 1. The van der Waals surface area contributed by atoms with E-state index in [9.17, 15) is 9.59 Å². The first kappa shape index (κ1) is 19.6. The summed E-state index contributed by atoms with van der Waals surface area (Å²) >= 11 is 4.79. The van der Waals surface area contributed by atoms with E-state index in [-0.39, 0.29) is 18.4 Å². The fourth-order valence-corrected chi connectivity index (χ4v) is 3.29. The van der Waals surface area contributed by atoms with Crippen LogP contribution in [0.3, 0.4) is 0 Å². The van der Waals surface area contributed by atoms with Gasteiger partial charge in [-0.15, -0.1) is 11.3 Å². The molecule has 0 aliphatic carbocycles. The Bertz CT molecular complexity index is 759. The van der Waals surface area contributed by atoms with Gasteiger partial charge in [-0.2, -0.15) is 0 Å². The van der Waals surface area contributed by atoms with Gasteiger partial charge in [-0.1, -0.05) is 15.9 Å². The number of halogens is 1. The maximum absolute atomic E-state index is 12.9. The third-order valence-corrected chi connectivity index (χ3v) is 5.24. The summed E-state index contributed by atoms with van der Waals surface area (Å²) in [5, 5.41) is 3.35. The first-order valence-corrected chi connectivity index (χ1v) is 9.50. The van der Waals surface area contributed by atoms with Crippen molar-refractivity contribution in [2.24, 2.45) is 0 Å². The molecule has 1 N–H and O–H groups in total. The van der Waals surface area contributed by atoms with Gasteiger partial charge in [-0.05, 0) is 58.9 Å². The van der Waals surface area contributed by atoms with Crippen molar-refractivity contribution in [3.8, 4) is 0 Å². The van der Waals surface area contributed by atoms with Gasteiger partial charge >= 0.3 is 0 Å². The van der Waals surface area contributed by atoms with Crippen LogP contribution in [0, 0.1) is 13.8 Å². The van der Waals surface area contributed by atoms with Gasteiger partial charge in [0.05, 0.1) is 5.69 Å². The normalized spacial score (nSPS) is 11.3. The summed E-state index contributed by atoms with van der Waals surface area (Å²) in [4.78, 5) is 32.2. The molecule has 134 valence electrons. The van der Waals surface area contributed by atoms with Gasteiger partial charge in [0.1, 0.15) is 6.54 Å². The summed E-state index contributed by atoms with van der Waals surface area (Å²) in [6.45, 7) is 9.56. The third kappa shape index (κ3) is 5.12. The average Bonchev–Trinajstić information content (AvgIpc) is 2.81. The highest BCUT2D eigenvalue weighted by Crippen LogP contribution is 2.22. The zero-order valence-corrected chi connectivity index (χ0v) is 17.4. The topological polar surface area (TPSA) is 62.3 Å². The Morgan fingerprint density at radius 1 is 1.20 bits per heavy atom. The van der Waals surface area contributed by atoms with E-state index in [4.69, 9.17) is 0 Å². The number of hydrogen-bond acceptors (Lipinski definition) is 4. The van der Waals surface area contributed by atoms with Gasteiger partial charge in [-0.25, -0.2) is 4.98 Å². The van der Waals surface area contributed by atoms with E-state index in [0.29, 0.717) is 10.7 Å². The quantitative estimate of drug-likeness (QED) is 0.792. The van der Waals surface area contributed by atoms with Gasteiger partial charge in [0.15, 0.2) is 5.13 Å². The predicted molar refractivity (Wildman–Crippen MR) is 105 cm³/mol. The number of hydrogen-bond donors (Lipinski definition) is 1. The lowest BCUT2D eigenvalue weighted by Crippen LogP contribution is -2.49. The van der Waals surface area contributed by atoms with Gasteiger partial charge in [0.25, 0.3) is 5.91 Å². The fourth-order valence-electron chi connectivity index (χ4n) is 2.19. The first-order chi connectivity index (χ1) is 11.6. The zero-order valence-electron chi connectivity index (χ0n) is 15.0. The predicted octanol–water partition coefficient (Wildman–Crippen LogP) is 4.40. The molecule has 1 aromatic carbocycles. The minimum atomic E-state index is -0.490. The van der Waals surface area contributed by atoms with Crippen molar-refractivity contribution in [3.05, 3.63) is 44.9 Å². The molecule has 0 bridgehead atoms. The number of rotatable bonds is 4. The maximum Gasteiger partial charge on any atom is 0.254 e. The van der Waals surface area contributed by atoms with E-state index >= 15 is 0 Å². The Hall–Kier alpha value is -1.73. The summed E-state index contributed by atoms with van der Waals surface area (Å²) in [5.41, 5.74) is 0.960. The Morgan fingerprint density at radius 2 is 1.80 bits per heavy atom. The van der Waals surface area contributed by atoms with Crippen molar-refractivity contribution >= 4 is 44.2 Å². The van der Waals surface area contributed by atoms with E-state index < -0.39 is 5.54 Å². The molecule has 0 atom stereocenters. The van der Waals surface area contributed by atoms with Crippen molar-refractivity contribution in [2.75, 3.05) is 11.9 Å². The summed E-state index contributed by atoms with van der Waals surface area (Å²) in [5.74, 6) is -0.434. The van der Waals surface area contributed by atoms with Crippen LogP contribution >= 0.6 is 27.3 Å². The number of nitrogens with one attached hydrogen (secondary N) is 1. The molecule has 2 amide bonds. The largest absolute Gasteiger partial charge is 0.324 e. The van der Waals surface area contributed by atoms with E-state index in [1.54, 1.807) is 17.0 Å². The van der Waals surface area contributed by atoms with E-state index in [0.717, 1.165) is 15.0 Å². The summed E-state index contributed by atoms with van der Waals surface area (Å²) in [6, 6.07) is 7.12. The molecule has 2 aromatic rings. The Kier molecular flexibility index (Phi) is 6.00. The fraction of sp³-hybridized carbons (Fsp3) is 0.389. The van der Waals surface area contributed by atoms with Crippen LogP contribution in [-0.4, -0.2) is 33.8 Å². The molecule has 7 heteroatoms. The number of amides is 2. The Balaban J connectivity index is 2.16. The number of thiazole rings is 1. The number of benzene rings is 1. The number of carbonyl (C=O) groups excluding carboxylic acids is 2. The van der Waals surface area contributed by atoms with Crippen LogP contribution in [0.5, 0.6) is 0 Å². The van der Waals surface area contributed by atoms with Crippen molar-refractivity contribution in [3.63, 3.8) is 0 Å². The highest BCUT2D eigenvalue weighted by molar-refractivity contribution is 9.10. The summed E-state index contributed by atoms with van der Waals surface area (Å²) in [6.07, 6.45) is 0. The smallest absolute Gasteiger partial charge is 0.254 e. The molecule has 25 heavy (non-hydrogen) atoms. The van der Waals surface area contributed by atoms with Crippen LogP contribution < -0.4 is 5.32 Å². The minimum absolute atomic E-state index is 0.0317. The standard InChI is InChI=1S/C18H22BrN3O2S/c1-11-12(2)25-17(20-11)21-15(23)10-22(18(3,4)5)16(24)13-6-8-14(19)9-7-13/h6-9H,10H2,1-5H3,(H,20,21,23). The molecular formula is C18H22BrN3O2S. The Labute approximate surface area is 160 Å². The van der Waals surface area contributed by atoms with Gasteiger partial charge in [0, 0.05) is 20.5 Å². The minimum Gasteiger partial charge on any atom is -0.324 e. The van der Waals surface area contributed by atoms with Crippen molar-refractivity contribution in [1.29, 1.82) is 0 Å². The van der Waals surface area contributed by atoms with Crippen molar-refractivity contribution in [1.82, 2.24) is 9.88 Å². The van der Waals surface area contributed by atoms with Crippen molar-refractivity contribution in [2.45, 2.75) is 40.2 Å². The van der Waals surface area contributed by atoms with Crippen LogP contribution in [0.15, 0.2) is 28.7 Å².